The second kappa shape index (κ2) is 23.5. The van der Waals surface area contributed by atoms with Gasteiger partial charge in [-0.05, 0) is 84.9 Å². The van der Waals surface area contributed by atoms with Crippen LogP contribution in [-0.2, 0) is 24.2 Å². The van der Waals surface area contributed by atoms with Gasteiger partial charge in [-0.2, -0.15) is 43.0 Å². The third-order valence-electron chi connectivity index (χ3n) is 6.99. The molecule has 2 aromatic heterocycles. The maximum Gasteiger partial charge on any atom is 1.00 e. The number of para-hydroxylation sites is 2. The van der Waals surface area contributed by atoms with Crippen molar-refractivity contribution in [1.29, 1.82) is 0 Å². The Morgan fingerprint density at radius 3 is 1.46 bits per heavy atom. The smallest absolute Gasteiger partial charge is 0.399 e. The first kappa shape index (κ1) is 49.2. The van der Waals surface area contributed by atoms with E-state index < -0.39 is 23.7 Å². The van der Waals surface area contributed by atoms with Crippen LogP contribution in [0.15, 0.2) is 118 Å². The predicted octanol–water partition coefficient (Wildman–Crippen LogP) is 11.0. The molecule has 6 aromatic rings. The Kier molecular flexibility index (Phi) is 20.7. The first-order valence-electron chi connectivity index (χ1n) is 16.2. The molecule has 4 aromatic carbocycles. The van der Waals surface area contributed by atoms with E-state index in [2.05, 4.69) is 77.2 Å². The van der Waals surface area contributed by atoms with Gasteiger partial charge in [0.25, 0.3) is 0 Å². The number of halogens is 11. The van der Waals surface area contributed by atoms with E-state index in [-0.39, 0.29) is 30.7 Å². The molecule has 0 saturated carbocycles. The largest absolute Gasteiger partial charge is 1.00 e. The quantitative estimate of drug-likeness (QED) is 0.0549. The molecule has 0 radical (unpaired) electrons. The molecule has 0 spiro atoms. The molecule has 0 bridgehead atoms. The van der Waals surface area contributed by atoms with E-state index in [1.165, 1.54) is 15.8 Å². The fourth-order valence-corrected chi connectivity index (χ4v) is 5.58. The molecule has 0 fully saturated rings. The average molecular weight is 1010 g/mol. The number of unbranched alkanes of at least 4 members (excludes halogenated alkanes) is 1. The van der Waals surface area contributed by atoms with Gasteiger partial charge in [0.05, 0.1) is 39.4 Å². The monoisotopic (exact) mass is 1000 g/mol. The second-order valence-electron chi connectivity index (χ2n) is 11.2. The van der Waals surface area contributed by atoms with E-state index >= 15 is 0 Å². The summed E-state index contributed by atoms with van der Waals surface area (Å²) in [5.41, 5.74) is 6.65. The number of aromatic nitrogens is 4. The minimum absolute atomic E-state index is 0. The molecule has 6 rings (SSSR count). The van der Waals surface area contributed by atoms with Crippen LogP contribution in [0, 0.1) is 6.92 Å². The standard InChI is InChI=1S/C17H12BrClF3N3.C11H7BrClF3N2.C6H6BrN.C4H9.Li/c18-11-5-7-12(8-6-11)23-10-13-9-16(17(20,21)22)24-25(13)15-4-2-1-3-14(15)19;12-6-7-5-10(11(14,15)16)17-18(7)9-4-2-1-3-8(9)13;7-5-1-3-6(8)4-2-5;1-3-4-2;/h1-9,23H,10H2;1-5H,6H2;1-4H,8H2;1,3-4H2,2H3;/q;;;-1;+1. The summed E-state index contributed by atoms with van der Waals surface area (Å²) in [4.78, 5) is 0. The Labute approximate surface area is 368 Å². The van der Waals surface area contributed by atoms with E-state index in [0.717, 1.165) is 38.9 Å². The van der Waals surface area contributed by atoms with Crippen LogP contribution < -0.4 is 29.9 Å². The molecular weight excluding hydrogens is 972 g/mol. The normalized spacial score (nSPS) is 10.8. The maximum absolute atomic E-state index is 13.1. The van der Waals surface area contributed by atoms with Gasteiger partial charge in [0, 0.05) is 25.7 Å². The first-order valence-corrected chi connectivity index (χ1v) is 19.6. The molecular formula is C38H34Br3Cl2F6LiN6. The molecule has 2 heterocycles. The molecule has 18 heteroatoms. The molecule has 0 aliphatic carbocycles. The third kappa shape index (κ3) is 15.5. The van der Waals surface area contributed by atoms with Crippen LogP contribution in [0.3, 0.4) is 0 Å². The van der Waals surface area contributed by atoms with Gasteiger partial charge in [0.2, 0.25) is 0 Å². The SMILES string of the molecule is FC(F)(F)c1cc(CBr)n(-c2ccccc2Cl)n1.FC(F)(F)c1cc(CNc2ccc(Br)cc2)n(-c2ccccc2Cl)n1.Nc1ccc(Br)cc1.[CH2-]CCC.[Li+]. The van der Waals surface area contributed by atoms with Crippen LogP contribution in [0.5, 0.6) is 0 Å². The number of nitrogens with two attached hydrogens (primary N) is 1. The summed E-state index contributed by atoms with van der Waals surface area (Å²) >= 11 is 21.8. The Balaban J connectivity index is 0.000000303. The number of alkyl halides is 7. The Bertz CT molecular complexity index is 2050. The molecule has 0 aliphatic rings. The van der Waals surface area contributed by atoms with Crippen LogP contribution in [0.25, 0.3) is 11.4 Å². The van der Waals surface area contributed by atoms with Gasteiger partial charge in [0.1, 0.15) is 0 Å². The van der Waals surface area contributed by atoms with Crippen molar-refractivity contribution < 1.29 is 45.2 Å². The van der Waals surface area contributed by atoms with Crippen LogP contribution in [0.1, 0.15) is 42.5 Å². The summed E-state index contributed by atoms with van der Waals surface area (Å²) in [7, 11) is 0. The number of rotatable bonds is 7. The summed E-state index contributed by atoms with van der Waals surface area (Å²) in [5, 5.41) is 11.3. The van der Waals surface area contributed by atoms with Gasteiger partial charge in [-0.15, -0.1) is 0 Å². The van der Waals surface area contributed by atoms with Crippen molar-refractivity contribution >= 4 is 82.4 Å². The number of hydrogen-bond acceptors (Lipinski definition) is 4. The predicted molar refractivity (Wildman–Crippen MR) is 220 cm³/mol. The summed E-state index contributed by atoms with van der Waals surface area (Å²) < 4.78 is 81.4. The van der Waals surface area contributed by atoms with Crippen LogP contribution >= 0.6 is 71.0 Å². The average Bonchev–Trinajstić information content (AvgIpc) is 3.79. The molecule has 0 amide bonds. The summed E-state index contributed by atoms with van der Waals surface area (Å²) in [5.74, 6) is 0. The molecule has 0 saturated heterocycles. The Morgan fingerprint density at radius 1 is 0.696 bits per heavy atom. The van der Waals surface area contributed by atoms with E-state index in [4.69, 9.17) is 28.9 Å². The summed E-state index contributed by atoms with van der Waals surface area (Å²) in [6.07, 6.45) is -6.72. The van der Waals surface area contributed by atoms with Gasteiger partial charge in [0.15, 0.2) is 11.4 Å². The van der Waals surface area contributed by atoms with Crippen LogP contribution in [0.2, 0.25) is 10.0 Å². The van der Waals surface area contributed by atoms with E-state index in [1.807, 2.05) is 48.5 Å². The topological polar surface area (TPSA) is 73.7 Å². The van der Waals surface area contributed by atoms with Crippen LogP contribution in [-0.4, -0.2) is 19.6 Å². The van der Waals surface area contributed by atoms with Gasteiger partial charge in [-0.3, -0.25) is 0 Å². The number of hydrogen-bond donors (Lipinski definition) is 2. The van der Waals surface area contributed by atoms with Crippen molar-refractivity contribution in [1.82, 2.24) is 19.6 Å². The number of nitrogens with zero attached hydrogens (tertiary/aromatic N) is 4. The zero-order valence-corrected chi connectivity index (χ0v) is 36.2. The molecule has 3 N–H and O–H groups in total. The van der Waals surface area contributed by atoms with Crippen molar-refractivity contribution in [2.24, 2.45) is 0 Å². The number of benzene rings is 4. The third-order valence-corrected chi connectivity index (χ3v) is 9.26. The van der Waals surface area contributed by atoms with Crippen LogP contribution in [0.4, 0.5) is 37.7 Å². The van der Waals surface area contributed by atoms with Crippen molar-refractivity contribution in [3.05, 3.63) is 158 Å². The Morgan fingerprint density at radius 2 is 1.09 bits per heavy atom. The van der Waals surface area contributed by atoms with E-state index in [0.29, 0.717) is 32.8 Å². The molecule has 294 valence electrons. The number of nitrogens with one attached hydrogen (secondary N) is 1. The number of nitrogen functional groups attached to an aromatic ring is 1. The minimum Gasteiger partial charge on any atom is -0.399 e. The zero-order valence-electron chi connectivity index (χ0n) is 30.0. The van der Waals surface area contributed by atoms with E-state index in [1.54, 1.807) is 48.5 Å². The van der Waals surface area contributed by atoms with Crippen molar-refractivity contribution in [2.45, 2.75) is 44.0 Å². The fraction of sp³-hybridized carbons (Fsp3) is 0.184. The minimum atomic E-state index is -4.53. The van der Waals surface area contributed by atoms with Crippen molar-refractivity contribution in [2.75, 3.05) is 11.1 Å². The van der Waals surface area contributed by atoms with Gasteiger partial charge in [-0.25, -0.2) is 9.36 Å². The van der Waals surface area contributed by atoms with Gasteiger partial charge in [-0.1, -0.05) is 109 Å². The maximum atomic E-state index is 13.1. The molecule has 0 aliphatic heterocycles. The first-order chi connectivity index (χ1) is 26.0. The van der Waals surface area contributed by atoms with Crippen molar-refractivity contribution in [3.8, 4) is 11.4 Å². The fourth-order valence-electron chi connectivity index (χ4n) is 4.23. The number of anilines is 2. The molecule has 56 heavy (non-hydrogen) atoms. The zero-order chi connectivity index (χ0) is 40.8. The van der Waals surface area contributed by atoms with Crippen molar-refractivity contribution in [3.63, 3.8) is 0 Å². The molecule has 6 nitrogen and oxygen atoms in total. The molecule has 0 atom stereocenters. The van der Waals surface area contributed by atoms with Gasteiger partial charge < -0.3 is 18.0 Å². The summed E-state index contributed by atoms with van der Waals surface area (Å²) in [6.45, 7) is 5.88. The van der Waals surface area contributed by atoms with Gasteiger partial charge >= 0.3 is 31.2 Å². The Hall–Kier alpha value is -2.90. The van der Waals surface area contributed by atoms with E-state index in [9.17, 15) is 26.3 Å². The molecule has 0 unspecified atom stereocenters. The second-order valence-corrected chi connectivity index (χ2v) is 14.4. The summed E-state index contributed by atoms with van der Waals surface area (Å²) in [6, 6.07) is 30.1.